The summed E-state index contributed by atoms with van der Waals surface area (Å²) in [6, 6.07) is 8.14. The van der Waals surface area contributed by atoms with Gasteiger partial charge in [-0.25, -0.2) is 0 Å². The maximum absolute atomic E-state index is 11.8. The molecule has 1 aliphatic carbocycles. The van der Waals surface area contributed by atoms with Crippen molar-refractivity contribution in [1.29, 1.82) is 0 Å². The predicted octanol–water partition coefficient (Wildman–Crippen LogP) is 3.38. The first-order chi connectivity index (χ1) is 7.75. The van der Waals surface area contributed by atoms with E-state index < -0.39 is 0 Å². The highest BCUT2D eigenvalue weighted by Gasteiger charge is 2.29. The number of hydrogen-bond donors (Lipinski definition) is 0. The van der Waals surface area contributed by atoms with E-state index in [4.69, 9.17) is 0 Å². The number of aromatic nitrogens is 1. The van der Waals surface area contributed by atoms with Crippen molar-refractivity contribution < 1.29 is 4.79 Å². The minimum Gasteiger partial charge on any atom is -0.339 e. The summed E-state index contributed by atoms with van der Waals surface area (Å²) in [5, 5.41) is 1.17. The molecular formula is C13H12BrNO. The number of nitrogens with zero attached hydrogens (tertiary/aromatic N) is 1. The zero-order chi connectivity index (χ0) is 11.1. The summed E-state index contributed by atoms with van der Waals surface area (Å²) >= 11 is 3.53. The summed E-state index contributed by atoms with van der Waals surface area (Å²) in [5.74, 6) is 0.702. The van der Waals surface area contributed by atoms with E-state index in [1.165, 1.54) is 5.39 Å². The molecule has 0 unspecified atom stereocenters. The van der Waals surface area contributed by atoms with E-state index in [0.717, 1.165) is 22.8 Å². The average Bonchev–Trinajstić information content (AvgIpc) is 3.08. The van der Waals surface area contributed by atoms with E-state index in [1.54, 1.807) is 0 Å². The first-order valence-corrected chi connectivity index (χ1v) is 6.31. The number of fused-ring (bicyclic) bond motifs is 1. The van der Waals surface area contributed by atoms with Crippen LogP contribution in [0.2, 0.25) is 0 Å². The number of Topliss-reactive ketones (excluding diaryl/α,β-unsaturated/α-hetero) is 1. The molecule has 1 aromatic heterocycles. The monoisotopic (exact) mass is 277 g/mol. The van der Waals surface area contributed by atoms with Gasteiger partial charge < -0.3 is 4.57 Å². The zero-order valence-corrected chi connectivity index (χ0v) is 10.4. The molecule has 2 aromatic rings. The average molecular weight is 278 g/mol. The lowest BCUT2D eigenvalue weighted by molar-refractivity contribution is -0.120. The van der Waals surface area contributed by atoms with Crippen molar-refractivity contribution in [2.24, 2.45) is 5.92 Å². The summed E-state index contributed by atoms with van der Waals surface area (Å²) < 4.78 is 3.10. The molecule has 0 spiro atoms. The van der Waals surface area contributed by atoms with E-state index in [0.29, 0.717) is 18.2 Å². The highest BCUT2D eigenvalue weighted by molar-refractivity contribution is 9.10. The topological polar surface area (TPSA) is 22.0 Å². The number of ketones is 1. The van der Waals surface area contributed by atoms with Crippen LogP contribution >= 0.6 is 15.9 Å². The van der Waals surface area contributed by atoms with E-state index in [2.05, 4.69) is 28.1 Å². The van der Waals surface area contributed by atoms with Gasteiger partial charge in [0.1, 0.15) is 0 Å². The van der Waals surface area contributed by atoms with Crippen LogP contribution in [0.25, 0.3) is 10.9 Å². The molecule has 0 bridgehead atoms. The van der Waals surface area contributed by atoms with Crippen LogP contribution in [0.3, 0.4) is 0 Å². The predicted molar refractivity (Wildman–Crippen MR) is 67.4 cm³/mol. The first kappa shape index (κ1) is 10.1. The summed E-state index contributed by atoms with van der Waals surface area (Å²) in [6.07, 6.45) is 4.17. The van der Waals surface area contributed by atoms with Crippen molar-refractivity contribution in [1.82, 2.24) is 4.57 Å². The van der Waals surface area contributed by atoms with E-state index in [-0.39, 0.29) is 0 Å². The maximum atomic E-state index is 11.8. The van der Waals surface area contributed by atoms with Gasteiger partial charge in [0.05, 0.1) is 6.54 Å². The van der Waals surface area contributed by atoms with Gasteiger partial charge >= 0.3 is 0 Å². The van der Waals surface area contributed by atoms with Crippen LogP contribution in [0.4, 0.5) is 0 Å². The Hall–Kier alpha value is -1.09. The molecule has 0 aliphatic heterocycles. The lowest BCUT2D eigenvalue weighted by Gasteiger charge is -2.03. The van der Waals surface area contributed by atoms with E-state index in [1.807, 2.05) is 22.9 Å². The lowest BCUT2D eigenvalue weighted by Crippen LogP contribution is -2.10. The summed E-state index contributed by atoms with van der Waals surface area (Å²) in [6.45, 7) is 0.511. The molecule has 0 saturated heterocycles. The standard InChI is InChI=1S/C13H12BrNO/c14-11-7-15(8-13(16)9-5-6-9)12-4-2-1-3-10(11)12/h1-4,7,9H,5-6,8H2. The van der Waals surface area contributed by atoms with Gasteiger partial charge in [0, 0.05) is 27.5 Å². The second-order valence-electron chi connectivity index (χ2n) is 4.36. The maximum Gasteiger partial charge on any atom is 0.155 e. The van der Waals surface area contributed by atoms with Gasteiger partial charge in [0.2, 0.25) is 0 Å². The Labute approximate surface area is 102 Å². The zero-order valence-electron chi connectivity index (χ0n) is 8.82. The first-order valence-electron chi connectivity index (χ1n) is 5.52. The molecule has 0 N–H and O–H groups in total. The number of benzene rings is 1. The Morgan fingerprint density at radius 3 is 2.88 bits per heavy atom. The number of carbonyl (C=O) groups excluding carboxylic acids is 1. The number of carbonyl (C=O) groups is 1. The van der Waals surface area contributed by atoms with Crippen molar-refractivity contribution in [2.45, 2.75) is 19.4 Å². The normalized spacial score (nSPS) is 15.6. The second-order valence-corrected chi connectivity index (χ2v) is 5.22. The highest BCUT2D eigenvalue weighted by Crippen LogP contribution is 2.32. The third kappa shape index (κ3) is 1.69. The Kier molecular flexibility index (Phi) is 2.36. The molecule has 3 rings (SSSR count). The fraction of sp³-hybridized carbons (Fsp3) is 0.308. The van der Waals surface area contributed by atoms with Gasteiger partial charge in [-0.3, -0.25) is 4.79 Å². The van der Waals surface area contributed by atoms with Crippen LogP contribution in [0.15, 0.2) is 34.9 Å². The Bertz CT molecular complexity index is 554. The van der Waals surface area contributed by atoms with Gasteiger partial charge in [0.25, 0.3) is 0 Å². The van der Waals surface area contributed by atoms with Crippen molar-refractivity contribution in [3.8, 4) is 0 Å². The molecule has 16 heavy (non-hydrogen) atoms. The van der Waals surface area contributed by atoms with Crippen molar-refractivity contribution in [2.75, 3.05) is 0 Å². The fourth-order valence-electron chi connectivity index (χ4n) is 2.04. The molecule has 1 aliphatic rings. The lowest BCUT2D eigenvalue weighted by atomic mass is 10.2. The number of rotatable bonds is 3. The van der Waals surface area contributed by atoms with Gasteiger partial charge in [-0.1, -0.05) is 18.2 Å². The molecule has 3 heteroatoms. The van der Waals surface area contributed by atoms with Crippen LogP contribution in [-0.4, -0.2) is 10.4 Å². The Morgan fingerprint density at radius 2 is 2.12 bits per heavy atom. The SMILES string of the molecule is O=C(Cn1cc(Br)c2ccccc21)C1CC1. The van der Waals surface area contributed by atoms with Crippen molar-refractivity contribution >= 4 is 32.6 Å². The second kappa shape index (κ2) is 3.74. The molecule has 1 saturated carbocycles. The number of hydrogen-bond acceptors (Lipinski definition) is 1. The molecular weight excluding hydrogens is 266 g/mol. The largest absolute Gasteiger partial charge is 0.339 e. The minimum absolute atomic E-state index is 0.333. The molecule has 0 atom stereocenters. The molecule has 0 amide bonds. The summed E-state index contributed by atoms with van der Waals surface area (Å²) in [4.78, 5) is 11.8. The third-order valence-corrected chi connectivity index (χ3v) is 3.73. The molecule has 1 fully saturated rings. The van der Waals surface area contributed by atoms with Crippen molar-refractivity contribution in [3.05, 3.63) is 34.9 Å². The Balaban J connectivity index is 1.99. The van der Waals surface area contributed by atoms with Crippen LogP contribution in [0.1, 0.15) is 12.8 Å². The van der Waals surface area contributed by atoms with E-state index in [9.17, 15) is 4.79 Å². The molecule has 1 heterocycles. The van der Waals surface area contributed by atoms with Gasteiger partial charge in [-0.05, 0) is 34.8 Å². The van der Waals surface area contributed by atoms with Gasteiger partial charge in [-0.15, -0.1) is 0 Å². The van der Waals surface area contributed by atoms with Crippen LogP contribution in [-0.2, 0) is 11.3 Å². The fourth-order valence-corrected chi connectivity index (χ4v) is 2.62. The minimum atomic E-state index is 0.333. The number of halogens is 1. The van der Waals surface area contributed by atoms with Crippen LogP contribution < -0.4 is 0 Å². The third-order valence-electron chi connectivity index (χ3n) is 3.10. The smallest absolute Gasteiger partial charge is 0.155 e. The van der Waals surface area contributed by atoms with Crippen molar-refractivity contribution in [3.63, 3.8) is 0 Å². The highest BCUT2D eigenvalue weighted by atomic mass is 79.9. The van der Waals surface area contributed by atoms with Gasteiger partial charge in [-0.2, -0.15) is 0 Å². The Morgan fingerprint density at radius 1 is 1.38 bits per heavy atom. The van der Waals surface area contributed by atoms with Crippen LogP contribution in [0.5, 0.6) is 0 Å². The van der Waals surface area contributed by atoms with Gasteiger partial charge in [0.15, 0.2) is 5.78 Å². The molecule has 1 aromatic carbocycles. The molecule has 82 valence electrons. The molecule has 2 nitrogen and oxygen atoms in total. The summed E-state index contributed by atoms with van der Waals surface area (Å²) in [5.41, 5.74) is 1.13. The van der Waals surface area contributed by atoms with Crippen LogP contribution in [0, 0.1) is 5.92 Å². The summed E-state index contributed by atoms with van der Waals surface area (Å²) in [7, 11) is 0. The molecule has 0 radical (unpaired) electrons. The number of para-hydroxylation sites is 1. The van der Waals surface area contributed by atoms with E-state index >= 15 is 0 Å². The quantitative estimate of drug-likeness (QED) is 0.843.